The molecule has 0 spiro atoms. The fourth-order valence-electron chi connectivity index (χ4n) is 1.26. The summed E-state index contributed by atoms with van der Waals surface area (Å²) in [5.41, 5.74) is 1.76. The molecule has 3 heteroatoms. The lowest BCUT2D eigenvalue weighted by Gasteiger charge is -2.21. The summed E-state index contributed by atoms with van der Waals surface area (Å²) in [6.45, 7) is 0.521. The van der Waals surface area contributed by atoms with Crippen molar-refractivity contribution >= 4 is 23.4 Å². The molecule has 1 N–H and O–H groups in total. The molecule has 2 nitrogen and oxygen atoms in total. The molecule has 1 aromatic carbocycles. The Labute approximate surface area is 75.6 Å². The van der Waals surface area contributed by atoms with E-state index in [1.165, 1.54) is 5.06 Å². The van der Waals surface area contributed by atoms with Crippen molar-refractivity contribution in [3.05, 3.63) is 34.9 Å². The van der Waals surface area contributed by atoms with Crippen molar-refractivity contribution < 1.29 is 5.21 Å². The molecular formula is C9H8ClNO. The van der Waals surface area contributed by atoms with E-state index in [0.29, 0.717) is 11.6 Å². The standard InChI is InChI=1S/C9H8ClNO/c10-8-4-3-7-2-1-5-11(12)9(7)6-8/h1-4,6,12H,5H2. The number of hydrogen-bond donors (Lipinski definition) is 1. The first-order valence-corrected chi connectivity index (χ1v) is 4.08. The molecule has 0 aromatic heterocycles. The third kappa shape index (κ3) is 1.19. The van der Waals surface area contributed by atoms with Gasteiger partial charge in [-0.05, 0) is 12.1 Å². The number of halogens is 1. The van der Waals surface area contributed by atoms with Crippen LogP contribution < -0.4 is 5.06 Å². The molecule has 1 aliphatic heterocycles. The van der Waals surface area contributed by atoms with Gasteiger partial charge in [-0.25, -0.2) is 0 Å². The summed E-state index contributed by atoms with van der Waals surface area (Å²) < 4.78 is 0. The van der Waals surface area contributed by atoms with Gasteiger partial charge in [0.15, 0.2) is 0 Å². The van der Waals surface area contributed by atoms with Crippen LogP contribution >= 0.6 is 11.6 Å². The van der Waals surface area contributed by atoms with E-state index in [1.54, 1.807) is 6.07 Å². The number of hydrogen-bond acceptors (Lipinski definition) is 2. The average Bonchev–Trinajstić information content (AvgIpc) is 2.07. The number of anilines is 1. The van der Waals surface area contributed by atoms with E-state index in [9.17, 15) is 5.21 Å². The fourth-order valence-corrected chi connectivity index (χ4v) is 1.43. The lowest BCUT2D eigenvalue weighted by atomic mass is 10.1. The molecule has 1 aromatic rings. The van der Waals surface area contributed by atoms with Crippen molar-refractivity contribution in [2.75, 3.05) is 11.6 Å². The highest BCUT2D eigenvalue weighted by atomic mass is 35.5. The highest BCUT2D eigenvalue weighted by Crippen LogP contribution is 2.27. The summed E-state index contributed by atoms with van der Waals surface area (Å²) >= 11 is 5.78. The van der Waals surface area contributed by atoms with Crippen LogP contribution in [0.4, 0.5) is 5.69 Å². The molecule has 0 saturated heterocycles. The number of rotatable bonds is 0. The van der Waals surface area contributed by atoms with Gasteiger partial charge >= 0.3 is 0 Å². The molecule has 0 aliphatic carbocycles. The molecule has 0 amide bonds. The quantitative estimate of drug-likeness (QED) is 0.665. The molecule has 12 heavy (non-hydrogen) atoms. The maximum absolute atomic E-state index is 9.41. The van der Waals surface area contributed by atoms with Crippen LogP contribution in [0.15, 0.2) is 24.3 Å². The van der Waals surface area contributed by atoms with Crippen molar-refractivity contribution in [3.8, 4) is 0 Å². The minimum Gasteiger partial charge on any atom is -0.288 e. The van der Waals surface area contributed by atoms with Crippen LogP contribution in [0.2, 0.25) is 5.02 Å². The van der Waals surface area contributed by atoms with E-state index in [-0.39, 0.29) is 0 Å². The third-order valence-corrected chi connectivity index (χ3v) is 2.08. The van der Waals surface area contributed by atoms with E-state index in [4.69, 9.17) is 11.6 Å². The molecule has 1 heterocycles. The predicted molar refractivity (Wildman–Crippen MR) is 49.6 cm³/mol. The molecule has 0 fully saturated rings. The Kier molecular flexibility index (Phi) is 1.79. The lowest BCUT2D eigenvalue weighted by Crippen LogP contribution is -2.20. The molecule has 1 aliphatic rings. The van der Waals surface area contributed by atoms with Crippen LogP contribution in [-0.4, -0.2) is 11.8 Å². The summed E-state index contributed by atoms with van der Waals surface area (Å²) in [4.78, 5) is 0. The van der Waals surface area contributed by atoms with Gasteiger partial charge < -0.3 is 0 Å². The highest BCUT2D eigenvalue weighted by Gasteiger charge is 2.10. The van der Waals surface area contributed by atoms with E-state index < -0.39 is 0 Å². The Hall–Kier alpha value is -0.990. The van der Waals surface area contributed by atoms with Crippen molar-refractivity contribution in [1.82, 2.24) is 0 Å². The minimum absolute atomic E-state index is 0.521. The zero-order valence-corrected chi connectivity index (χ0v) is 7.12. The Balaban J connectivity index is 2.56. The maximum Gasteiger partial charge on any atom is 0.0724 e. The summed E-state index contributed by atoms with van der Waals surface area (Å²) in [6, 6.07) is 5.45. The van der Waals surface area contributed by atoms with E-state index >= 15 is 0 Å². The summed E-state index contributed by atoms with van der Waals surface area (Å²) in [5, 5.41) is 11.2. The van der Waals surface area contributed by atoms with Gasteiger partial charge in [0.25, 0.3) is 0 Å². The monoisotopic (exact) mass is 181 g/mol. The first-order valence-electron chi connectivity index (χ1n) is 3.70. The summed E-state index contributed by atoms with van der Waals surface area (Å²) in [5.74, 6) is 0. The Morgan fingerprint density at radius 1 is 1.42 bits per heavy atom. The number of fused-ring (bicyclic) bond motifs is 1. The zero-order chi connectivity index (χ0) is 8.55. The minimum atomic E-state index is 0.521. The van der Waals surface area contributed by atoms with Crippen LogP contribution in [-0.2, 0) is 0 Å². The van der Waals surface area contributed by atoms with E-state index in [1.807, 2.05) is 24.3 Å². The van der Waals surface area contributed by atoms with Gasteiger partial charge in [0.1, 0.15) is 0 Å². The molecule has 2 rings (SSSR count). The second-order valence-electron chi connectivity index (χ2n) is 2.69. The van der Waals surface area contributed by atoms with Crippen LogP contribution in [0.1, 0.15) is 5.56 Å². The first kappa shape index (κ1) is 7.65. The average molecular weight is 182 g/mol. The van der Waals surface area contributed by atoms with Gasteiger partial charge in [-0.3, -0.25) is 10.3 Å². The Morgan fingerprint density at radius 2 is 2.25 bits per heavy atom. The third-order valence-electron chi connectivity index (χ3n) is 1.85. The summed E-state index contributed by atoms with van der Waals surface area (Å²) in [6.07, 6.45) is 3.87. The van der Waals surface area contributed by atoms with Crippen molar-refractivity contribution in [3.63, 3.8) is 0 Å². The zero-order valence-electron chi connectivity index (χ0n) is 6.37. The van der Waals surface area contributed by atoms with Crippen LogP contribution in [0.25, 0.3) is 6.08 Å². The first-order chi connectivity index (χ1) is 5.77. The molecular weight excluding hydrogens is 174 g/mol. The highest BCUT2D eigenvalue weighted by molar-refractivity contribution is 6.30. The molecule has 0 bridgehead atoms. The van der Waals surface area contributed by atoms with Crippen LogP contribution in [0.5, 0.6) is 0 Å². The molecule has 62 valence electrons. The van der Waals surface area contributed by atoms with E-state index in [2.05, 4.69) is 0 Å². The van der Waals surface area contributed by atoms with Crippen molar-refractivity contribution in [1.29, 1.82) is 0 Å². The molecule has 0 atom stereocenters. The SMILES string of the molecule is ON1CC=Cc2ccc(Cl)cc21. The van der Waals surface area contributed by atoms with Gasteiger partial charge in [0.2, 0.25) is 0 Å². The smallest absolute Gasteiger partial charge is 0.0724 e. The van der Waals surface area contributed by atoms with Crippen LogP contribution in [0.3, 0.4) is 0 Å². The molecule has 0 saturated carbocycles. The second kappa shape index (κ2) is 2.81. The van der Waals surface area contributed by atoms with Gasteiger partial charge in [0, 0.05) is 10.6 Å². The largest absolute Gasteiger partial charge is 0.288 e. The number of nitrogens with zero attached hydrogens (tertiary/aromatic N) is 1. The normalized spacial score (nSPS) is 14.7. The molecule has 0 unspecified atom stereocenters. The van der Waals surface area contributed by atoms with Gasteiger partial charge in [0.05, 0.1) is 12.2 Å². The van der Waals surface area contributed by atoms with Gasteiger partial charge in [-0.1, -0.05) is 29.8 Å². The maximum atomic E-state index is 9.41. The Bertz CT molecular complexity index is 335. The molecule has 0 radical (unpaired) electrons. The summed E-state index contributed by atoms with van der Waals surface area (Å²) in [7, 11) is 0. The topological polar surface area (TPSA) is 23.5 Å². The number of benzene rings is 1. The van der Waals surface area contributed by atoms with Crippen LogP contribution in [0, 0.1) is 0 Å². The lowest BCUT2D eigenvalue weighted by molar-refractivity contribution is 0.265. The van der Waals surface area contributed by atoms with E-state index in [0.717, 1.165) is 11.3 Å². The predicted octanol–water partition coefficient (Wildman–Crippen LogP) is 2.56. The van der Waals surface area contributed by atoms with Crippen molar-refractivity contribution in [2.24, 2.45) is 0 Å². The Morgan fingerprint density at radius 3 is 3.08 bits per heavy atom. The second-order valence-corrected chi connectivity index (χ2v) is 3.12. The number of hydroxylamine groups is 1. The van der Waals surface area contributed by atoms with Crippen molar-refractivity contribution in [2.45, 2.75) is 0 Å². The fraction of sp³-hybridized carbons (Fsp3) is 0.111. The van der Waals surface area contributed by atoms with Gasteiger partial charge in [-0.15, -0.1) is 0 Å². The van der Waals surface area contributed by atoms with Gasteiger partial charge in [-0.2, -0.15) is 0 Å².